The van der Waals surface area contributed by atoms with Gasteiger partial charge in [-0.1, -0.05) is 32.0 Å². The number of nitrogens with one attached hydrogen (secondary N) is 1. The number of carbonyl (C=O) groups is 1. The van der Waals surface area contributed by atoms with Crippen LogP contribution in [0.1, 0.15) is 32.5 Å². The van der Waals surface area contributed by atoms with E-state index in [0.29, 0.717) is 10.9 Å². The van der Waals surface area contributed by atoms with Crippen molar-refractivity contribution < 1.29 is 4.79 Å². The first-order valence-electron chi connectivity index (χ1n) is 5.77. The van der Waals surface area contributed by atoms with Gasteiger partial charge in [-0.2, -0.15) is 0 Å². The zero-order valence-corrected chi connectivity index (χ0v) is 11.1. The van der Waals surface area contributed by atoms with Crippen LogP contribution >= 0.6 is 11.8 Å². The number of hydrogen-bond acceptors (Lipinski definition) is 5. The van der Waals surface area contributed by atoms with Gasteiger partial charge in [0, 0.05) is 13.0 Å². The number of thioether (sulfide) groups is 1. The highest BCUT2D eigenvalue weighted by Crippen LogP contribution is 2.13. The van der Waals surface area contributed by atoms with E-state index in [0.717, 1.165) is 31.6 Å². The van der Waals surface area contributed by atoms with Crippen molar-refractivity contribution >= 4 is 17.7 Å². The molecule has 0 spiro atoms. The van der Waals surface area contributed by atoms with Gasteiger partial charge in [0.2, 0.25) is 11.1 Å². The van der Waals surface area contributed by atoms with Crippen LogP contribution in [0.2, 0.25) is 0 Å². The van der Waals surface area contributed by atoms with Crippen LogP contribution in [0.15, 0.2) is 5.16 Å². The Morgan fingerprint density at radius 3 is 2.82 bits per heavy atom. The smallest absolute Gasteiger partial charge is 0.230 e. The molecule has 1 aromatic rings. The van der Waals surface area contributed by atoms with Crippen LogP contribution in [-0.2, 0) is 11.2 Å². The highest BCUT2D eigenvalue weighted by atomic mass is 32.2. The quantitative estimate of drug-likeness (QED) is 0.423. The van der Waals surface area contributed by atoms with E-state index in [1.165, 1.54) is 16.4 Å². The molecule has 6 nitrogen and oxygen atoms in total. The highest BCUT2D eigenvalue weighted by Gasteiger charge is 2.10. The van der Waals surface area contributed by atoms with Gasteiger partial charge in [0.1, 0.15) is 0 Å². The summed E-state index contributed by atoms with van der Waals surface area (Å²) in [5, 5.41) is 11.3. The number of rotatable bonds is 7. The Labute approximate surface area is 105 Å². The Bertz CT molecular complexity index is 366. The average molecular weight is 257 g/mol. The Balaban J connectivity index is 2.34. The zero-order valence-electron chi connectivity index (χ0n) is 10.3. The molecule has 0 fully saturated rings. The summed E-state index contributed by atoms with van der Waals surface area (Å²) in [5.41, 5.74) is 0. The number of hydrogen-bond donors (Lipinski definition) is 2. The van der Waals surface area contributed by atoms with E-state index in [-0.39, 0.29) is 5.91 Å². The van der Waals surface area contributed by atoms with Crippen molar-refractivity contribution in [2.45, 2.75) is 38.3 Å². The summed E-state index contributed by atoms with van der Waals surface area (Å²) in [6.07, 6.45) is 2.81. The number of nitrogen functional groups attached to an aromatic ring is 1. The zero-order chi connectivity index (χ0) is 12.7. The highest BCUT2D eigenvalue weighted by molar-refractivity contribution is 7.99. The third-order valence-electron chi connectivity index (χ3n) is 2.24. The van der Waals surface area contributed by atoms with Gasteiger partial charge in [-0.3, -0.25) is 4.79 Å². The molecule has 3 N–H and O–H groups in total. The van der Waals surface area contributed by atoms with Gasteiger partial charge in [0.25, 0.3) is 0 Å². The lowest BCUT2D eigenvalue weighted by Crippen LogP contribution is -2.26. The van der Waals surface area contributed by atoms with Crippen LogP contribution < -0.4 is 11.2 Å². The molecule has 0 aliphatic carbocycles. The lowest BCUT2D eigenvalue weighted by Gasteiger charge is -2.04. The van der Waals surface area contributed by atoms with Crippen molar-refractivity contribution in [3.63, 3.8) is 0 Å². The topological polar surface area (TPSA) is 85.8 Å². The minimum absolute atomic E-state index is 0.00417. The number of carbonyl (C=O) groups excluding carboxylic acids is 1. The maximum absolute atomic E-state index is 11.4. The molecular formula is C10H19N5OS. The van der Waals surface area contributed by atoms with Gasteiger partial charge in [0.05, 0.1) is 5.75 Å². The molecule has 0 aliphatic rings. The summed E-state index contributed by atoms with van der Waals surface area (Å²) in [6.45, 7) is 4.77. The second-order valence-electron chi connectivity index (χ2n) is 3.61. The van der Waals surface area contributed by atoms with E-state index in [2.05, 4.69) is 22.4 Å². The predicted octanol–water partition coefficient (Wildman–Crippen LogP) is 0.563. The van der Waals surface area contributed by atoms with Crippen LogP contribution in [-0.4, -0.2) is 33.1 Å². The molecule has 0 radical (unpaired) electrons. The van der Waals surface area contributed by atoms with E-state index < -0.39 is 0 Å². The number of nitrogens with zero attached hydrogens (tertiary/aromatic N) is 3. The summed E-state index contributed by atoms with van der Waals surface area (Å²) < 4.78 is 1.43. The van der Waals surface area contributed by atoms with Gasteiger partial charge in [-0.15, -0.1) is 10.2 Å². The minimum atomic E-state index is 0.00417. The average Bonchev–Trinajstić information content (AvgIpc) is 2.68. The van der Waals surface area contributed by atoms with Gasteiger partial charge >= 0.3 is 0 Å². The van der Waals surface area contributed by atoms with E-state index in [4.69, 9.17) is 5.84 Å². The summed E-state index contributed by atoms with van der Waals surface area (Å²) in [5.74, 6) is 6.81. The van der Waals surface area contributed by atoms with E-state index in [1.54, 1.807) is 0 Å². The molecule has 0 saturated heterocycles. The molecule has 17 heavy (non-hydrogen) atoms. The summed E-state index contributed by atoms with van der Waals surface area (Å²) >= 11 is 1.30. The molecule has 1 amide bonds. The molecular weight excluding hydrogens is 238 g/mol. The number of nitrogens with two attached hydrogens (primary N) is 1. The van der Waals surface area contributed by atoms with E-state index in [1.807, 2.05) is 6.92 Å². The number of aryl methyl sites for hydroxylation is 1. The SMILES string of the molecule is CCCCNC(=O)CSc1nnc(CC)n1N. The minimum Gasteiger partial charge on any atom is -0.355 e. The summed E-state index contributed by atoms with van der Waals surface area (Å²) in [7, 11) is 0. The number of unbranched alkanes of at least 4 members (excludes halogenated alkanes) is 1. The lowest BCUT2D eigenvalue weighted by molar-refractivity contribution is -0.118. The maximum atomic E-state index is 11.4. The largest absolute Gasteiger partial charge is 0.355 e. The van der Waals surface area contributed by atoms with Crippen molar-refractivity contribution in [2.24, 2.45) is 0 Å². The second-order valence-corrected chi connectivity index (χ2v) is 4.56. The van der Waals surface area contributed by atoms with Gasteiger partial charge in [-0.05, 0) is 6.42 Å². The predicted molar refractivity (Wildman–Crippen MR) is 68.2 cm³/mol. The normalized spacial score (nSPS) is 10.5. The maximum Gasteiger partial charge on any atom is 0.230 e. The molecule has 96 valence electrons. The van der Waals surface area contributed by atoms with Crippen molar-refractivity contribution in [3.05, 3.63) is 5.82 Å². The van der Waals surface area contributed by atoms with E-state index >= 15 is 0 Å². The number of amides is 1. The summed E-state index contributed by atoms with van der Waals surface area (Å²) in [4.78, 5) is 11.4. The van der Waals surface area contributed by atoms with Gasteiger partial charge < -0.3 is 11.2 Å². The fourth-order valence-electron chi connectivity index (χ4n) is 1.23. The molecule has 1 heterocycles. The standard InChI is InChI=1S/C10H19N5OS/c1-3-5-6-12-9(16)7-17-10-14-13-8(4-2)15(10)11/h3-7,11H2,1-2H3,(H,12,16). The van der Waals surface area contributed by atoms with Crippen molar-refractivity contribution in [1.29, 1.82) is 0 Å². The molecule has 0 atom stereocenters. The Morgan fingerprint density at radius 2 is 2.24 bits per heavy atom. The third kappa shape index (κ3) is 4.26. The Hall–Kier alpha value is -1.24. The molecule has 0 saturated carbocycles. The van der Waals surface area contributed by atoms with Crippen molar-refractivity contribution in [1.82, 2.24) is 20.2 Å². The first kappa shape index (κ1) is 13.8. The van der Waals surface area contributed by atoms with Crippen molar-refractivity contribution in [2.75, 3.05) is 18.1 Å². The Kier molecular flexibility index (Phi) is 5.82. The Morgan fingerprint density at radius 1 is 1.47 bits per heavy atom. The molecule has 7 heteroatoms. The molecule has 0 unspecified atom stereocenters. The van der Waals surface area contributed by atoms with Crippen LogP contribution in [0.4, 0.5) is 0 Å². The third-order valence-corrected chi connectivity index (χ3v) is 3.18. The lowest BCUT2D eigenvalue weighted by atomic mass is 10.3. The fourth-order valence-corrected chi connectivity index (χ4v) is 1.94. The molecule has 0 aromatic carbocycles. The van der Waals surface area contributed by atoms with Crippen LogP contribution in [0.25, 0.3) is 0 Å². The first-order valence-corrected chi connectivity index (χ1v) is 6.76. The first-order chi connectivity index (χ1) is 8.19. The monoisotopic (exact) mass is 257 g/mol. The van der Waals surface area contributed by atoms with Crippen LogP contribution in [0.3, 0.4) is 0 Å². The molecule has 0 aliphatic heterocycles. The number of aromatic nitrogens is 3. The van der Waals surface area contributed by atoms with Gasteiger partial charge in [-0.25, -0.2) is 4.68 Å². The van der Waals surface area contributed by atoms with Crippen LogP contribution in [0, 0.1) is 0 Å². The van der Waals surface area contributed by atoms with Crippen molar-refractivity contribution in [3.8, 4) is 0 Å². The second kappa shape index (κ2) is 7.16. The molecule has 1 aromatic heterocycles. The van der Waals surface area contributed by atoms with Crippen LogP contribution in [0.5, 0.6) is 0 Å². The van der Waals surface area contributed by atoms with E-state index in [9.17, 15) is 4.79 Å². The van der Waals surface area contributed by atoms with Gasteiger partial charge in [0.15, 0.2) is 5.82 Å². The molecule has 0 bridgehead atoms. The molecule has 1 rings (SSSR count). The summed E-state index contributed by atoms with van der Waals surface area (Å²) in [6, 6.07) is 0. The fraction of sp³-hybridized carbons (Fsp3) is 0.700.